The summed E-state index contributed by atoms with van der Waals surface area (Å²) >= 11 is 0. The largest absolute Gasteiger partial charge is 0.351 e. The molecular weight excluding hydrogens is 306 g/mol. The van der Waals surface area contributed by atoms with Crippen molar-refractivity contribution >= 4 is 23.3 Å². The van der Waals surface area contributed by atoms with Crippen LogP contribution in [0.1, 0.15) is 10.4 Å². The third kappa shape index (κ3) is 3.58. The summed E-state index contributed by atoms with van der Waals surface area (Å²) in [7, 11) is 0. The van der Waals surface area contributed by atoms with Crippen molar-refractivity contribution in [2.75, 3.05) is 10.6 Å². The van der Waals surface area contributed by atoms with E-state index in [1.54, 1.807) is 35.1 Å². The van der Waals surface area contributed by atoms with E-state index in [0.29, 0.717) is 16.9 Å². The van der Waals surface area contributed by atoms with Crippen LogP contribution in [0, 0.1) is 0 Å². The average Bonchev–Trinajstić information content (AvgIpc) is 3.05. The highest BCUT2D eigenvalue weighted by Crippen LogP contribution is 2.16. The number of carbonyl (C=O) groups is 2. The Kier molecular flexibility index (Phi) is 4.24. The van der Waals surface area contributed by atoms with Crippen LogP contribution in [0.4, 0.5) is 16.2 Å². The number of amides is 3. The van der Waals surface area contributed by atoms with Crippen LogP contribution in [0.15, 0.2) is 67.0 Å². The molecule has 0 atom stereocenters. The predicted octanol–water partition coefficient (Wildman–Crippen LogP) is 2.62. The fourth-order valence-electron chi connectivity index (χ4n) is 2.18. The first kappa shape index (κ1) is 15.3. The number of benzene rings is 2. The van der Waals surface area contributed by atoms with Crippen LogP contribution in [0.25, 0.3) is 5.69 Å². The summed E-state index contributed by atoms with van der Waals surface area (Å²) < 4.78 is 1.62. The monoisotopic (exact) mass is 321 g/mol. The van der Waals surface area contributed by atoms with Crippen molar-refractivity contribution in [2.24, 2.45) is 5.73 Å². The Morgan fingerprint density at radius 2 is 1.67 bits per heavy atom. The second kappa shape index (κ2) is 6.66. The fraction of sp³-hybridized carbons (Fsp3) is 0. The van der Waals surface area contributed by atoms with Gasteiger partial charge in [0, 0.05) is 17.6 Å². The Hall–Kier alpha value is -3.61. The van der Waals surface area contributed by atoms with Crippen molar-refractivity contribution < 1.29 is 9.59 Å². The Morgan fingerprint density at radius 1 is 0.958 bits per heavy atom. The minimum atomic E-state index is -0.664. The zero-order valence-electron chi connectivity index (χ0n) is 12.6. The molecule has 0 aliphatic carbocycles. The molecule has 1 heterocycles. The molecule has 7 nitrogen and oxygen atoms in total. The van der Waals surface area contributed by atoms with E-state index in [1.165, 1.54) is 6.20 Å². The van der Waals surface area contributed by atoms with Crippen molar-refractivity contribution in [3.63, 3.8) is 0 Å². The van der Waals surface area contributed by atoms with E-state index in [4.69, 9.17) is 5.73 Å². The molecule has 0 aliphatic rings. The van der Waals surface area contributed by atoms with Gasteiger partial charge in [0.15, 0.2) is 0 Å². The van der Waals surface area contributed by atoms with Crippen LogP contribution >= 0.6 is 0 Å². The molecule has 0 radical (unpaired) electrons. The molecule has 0 spiro atoms. The van der Waals surface area contributed by atoms with Gasteiger partial charge in [-0.25, -0.2) is 9.48 Å². The van der Waals surface area contributed by atoms with Gasteiger partial charge in [-0.15, -0.1) is 0 Å². The van der Waals surface area contributed by atoms with Crippen LogP contribution < -0.4 is 16.4 Å². The number of anilines is 2. The molecule has 0 saturated carbocycles. The third-order valence-corrected chi connectivity index (χ3v) is 3.25. The highest BCUT2D eigenvalue weighted by Gasteiger charge is 2.10. The van der Waals surface area contributed by atoms with E-state index in [0.717, 1.165) is 5.69 Å². The van der Waals surface area contributed by atoms with Crippen LogP contribution in [0.2, 0.25) is 0 Å². The molecule has 3 aromatic rings. The van der Waals surface area contributed by atoms with E-state index in [2.05, 4.69) is 15.7 Å². The smallest absolute Gasteiger partial charge is 0.316 e. The molecule has 2 aromatic carbocycles. The second-order valence-electron chi connectivity index (χ2n) is 5.03. The number of aromatic nitrogens is 2. The highest BCUT2D eigenvalue weighted by molar-refractivity contribution is 6.04. The Bertz CT molecular complexity index is 873. The van der Waals surface area contributed by atoms with Gasteiger partial charge in [0.2, 0.25) is 0 Å². The molecule has 4 N–H and O–H groups in total. The van der Waals surface area contributed by atoms with Crippen LogP contribution in [-0.4, -0.2) is 21.7 Å². The van der Waals surface area contributed by atoms with E-state index < -0.39 is 6.03 Å². The summed E-state index contributed by atoms with van der Waals surface area (Å²) in [6.45, 7) is 0. The normalized spacial score (nSPS) is 10.2. The predicted molar refractivity (Wildman–Crippen MR) is 91.2 cm³/mol. The SMILES string of the molecule is NC(=O)Nc1cccc(NC(=O)c2cnn(-c3ccccc3)c2)c1. The summed E-state index contributed by atoms with van der Waals surface area (Å²) in [5, 5.41) is 9.40. The van der Waals surface area contributed by atoms with Crippen LogP contribution in [-0.2, 0) is 0 Å². The molecule has 3 amide bonds. The maximum atomic E-state index is 12.3. The molecule has 7 heteroatoms. The Labute approximate surface area is 138 Å². The summed E-state index contributed by atoms with van der Waals surface area (Å²) in [6.07, 6.45) is 3.14. The zero-order valence-corrected chi connectivity index (χ0v) is 12.6. The Balaban J connectivity index is 1.74. The molecule has 120 valence electrons. The minimum Gasteiger partial charge on any atom is -0.351 e. The quantitative estimate of drug-likeness (QED) is 0.688. The summed E-state index contributed by atoms with van der Waals surface area (Å²) in [5.41, 5.74) is 7.41. The van der Waals surface area contributed by atoms with Gasteiger partial charge < -0.3 is 16.4 Å². The lowest BCUT2D eigenvalue weighted by molar-refractivity contribution is 0.102. The molecule has 0 fully saturated rings. The zero-order chi connectivity index (χ0) is 16.9. The van der Waals surface area contributed by atoms with Gasteiger partial charge in [0.05, 0.1) is 17.4 Å². The van der Waals surface area contributed by atoms with Gasteiger partial charge in [-0.1, -0.05) is 24.3 Å². The third-order valence-electron chi connectivity index (χ3n) is 3.25. The van der Waals surface area contributed by atoms with Crippen LogP contribution in [0.3, 0.4) is 0 Å². The number of urea groups is 1. The molecule has 1 aromatic heterocycles. The molecule has 0 saturated heterocycles. The summed E-state index contributed by atoms with van der Waals surface area (Å²) in [6, 6.07) is 15.5. The number of nitrogens with two attached hydrogens (primary N) is 1. The standard InChI is InChI=1S/C17H15N5O2/c18-17(24)21-14-6-4-5-13(9-14)20-16(23)12-10-19-22(11-12)15-7-2-1-3-8-15/h1-11H,(H,20,23)(H3,18,21,24). The number of hydrogen-bond acceptors (Lipinski definition) is 3. The number of primary amides is 1. The molecule has 0 aliphatic heterocycles. The van der Waals surface area contributed by atoms with Crippen molar-refractivity contribution in [1.29, 1.82) is 0 Å². The van der Waals surface area contributed by atoms with E-state index in [1.807, 2.05) is 30.3 Å². The van der Waals surface area contributed by atoms with Gasteiger partial charge >= 0.3 is 6.03 Å². The van der Waals surface area contributed by atoms with E-state index in [9.17, 15) is 9.59 Å². The molecule has 24 heavy (non-hydrogen) atoms. The average molecular weight is 321 g/mol. The maximum absolute atomic E-state index is 12.3. The number of para-hydroxylation sites is 1. The molecule has 0 bridgehead atoms. The molecule has 3 rings (SSSR count). The van der Waals surface area contributed by atoms with Crippen molar-refractivity contribution in [3.05, 3.63) is 72.6 Å². The summed E-state index contributed by atoms with van der Waals surface area (Å²) in [4.78, 5) is 23.2. The van der Waals surface area contributed by atoms with Gasteiger partial charge in [0.1, 0.15) is 0 Å². The number of carbonyl (C=O) groups excluding carboxylic acids is 2. The van der Waals surface area contributed by atoms with Crippen molar-refractivity contribution in [2.45, 2.75) is 0 Å². The molecule has 0 unspecified atom stereocenters. The van der Waals surface area contributed by atoms with Crippen molar-refractivity contribution in [1.82, 2.24) is 9.78 Å². The second-order valence-corrected chi connectivity index (χ2v) is 5.03. The first-order valence-corrected chi connectivity index (χ1v) is 7.20. The lowest BCUT2D eigenvalue weighted by atomic mass is 10.2. The van der Waals surface area contributed by atoms with Gasteiger partial charge in [-0.3, -0.25) is 4.79 Å². The first-order valence-electron chi connectivity index (χ1n) is 7.20. The number of nitrogens with zero attached hydrogens (tertiary/aromatic N) is 2. The lowest BCUT2D eigenvalue weighted by Gasteiger charge is -2.06. The minimum absolute atomic E-state index is 0.298. The Morgan fingerprint density at radius 3 is 2.38 bits per heavy atom. The first-order chi connectivity index (χ1) is 11.6. The van der Waals surface area contributed by atoms with Crippen molar-refractivity contribution in [3.8, 4) is 5.69 Å². The van der Waals surface area contributed by atoms with Gasteiger partial charge in [0.25, 0.3) is 5.91 Å². The number of rotatable bonds is 4. The molecular formula is C17H15N5O2. The fourth-order valence-corrected chi connectivity index (χ4v) is 2.18. The topological polar surface area (TPSA) is 102 Å². The number of hydrogen-bond donors (Lipinski definition) is 3. The van der Waals surface area contributed by atoms with E-state index >= 15 is 0 Å². The van der Waals surface area contributed by atoms with Gasteiger partial charge in [-0.2, -0.15) is 5.10 Å². The van der Waals surface area contributed by atoms with Gasteiger partial charge in [-0.05, 0) is 30.3 Å². The van der Waals surface area contributed by atoms with E-state index in [-0.39, 0.29) is 5.91 Å². The highest BCUT2D eigenvalue weighted by atomic mass is 16.2. The number of nitrogens with one attached hydrogen (secondary N) is 2. The maximum Gasteiger partial charge on any atom is 0.316 e. The lowest BCUT2D eigenvalue weighted by Crippen LogP contribution is -2.19. The summed E-state index contributed by atoms with van der Waals surface area (Å²) in [5.74, 6) is -0.298. The van der Waals surface area contributed by atoms with Crippen LogP contribution in [0.5, 0.6) is 0 Å².